The van der Waals surface area contributed by atoms with Crippen LogP contribution in [0, 0.1) is 44.3 Å². The fraction of sp³-hybridized carbons (Fsp3) is 0.917. The van der Waals surface area contributed by atoms with Crippen molar-refractivity contribution in [3.8, 4) is 0 Å². The first-order valence-electron chi connectivity index (χ1n) is 24.2. The molecule has 0 bridgehead atoms. The van der Waals surface area contributed by atoms with Crippen LogP contribution in [-0.4, -0.2) is 193 Å². The first-order chi connectivity index (χ1) is 31.0. The Hall–Kier alpha value is -1.24. The van der Waals surface area contributed by atoms with Gasteiger partial charge in [0.1, 0.15) is 54.9 Å². The van der Waals surface area contributed by atoms with Gasteiger partial charge in [-0.2, -0.15) is 0 Å². The lowest BCUT2D eigenvalue weighted by atomic mass is 9.35. The summed E-state index contributed by atoms with van der Waals surface area (Å²) in [7, 11) is 0. The molecule has 378 valence electrons. The van der Waals surface area contributed by atoms with Gasteiger partial charge in [-0.25, -0.2) is 0 Å². The number of fused-ring (bicyclic) bond motifs is 6. The van der Waals surface area contributed by atoms with Gasteiger partial charge >= 0.3 is 0 Å². The highest BCUT2D eigenvalue weighted by Gasteiger charge is 2.69. The van der Waals surface area contributed by atoms with E-state index in [4.69, 9.17) is 28.4 Å². The average molecular weight is 943 g/mol. The van der Waals surface area contributed by atoms with Crippen molar-refractivity contribution in [3.05, 3.63) is 23.3 Å². The Bertz CT molecular complexity index is 1790. The fourth-order valence-corrected chi connectivity index (χ4v) is 14.5. The maximum Gasteiger partial charge on any atom is 0.187 e. The topological polar surface area (TPSA) is 298 Å². The summed E-state index contributed by atoms with van der Waals surface area (Å²) >= 11 is 0. The van der Waals surface area contributed by atoms with Crippen LogP contribution in [0.1, 0.15) is 99.3 Å². The molecule has 0 radical (unpaired) electrons. The lowest BCUT2D eigenvalue weighted by Crippen LogP contribution is -2.66. The second-order valence-corrected chi connectivity index (χ2v) is 23.0. The Morgan fingerprint density at radius 3 is 1.92 bits per heavy atom. The van der Waals surface area contributed by atoms with E-state index in [1.807, 2.05) is 6.92 Å². The second-order valence-electron chi connectivity index (χ2n) is 23.0. The van der Waals surface area contributed by atoms with Crippen molar-refractivity contribution in [2.45, 2.75) is 198 Å². The summed E-state index contributed by atoms with van der Waals surface area (Å²) in [5.41, 5.74) is -0.0802. The van der Waals surface area contributed by atoms with E-state index in [9.17, 15) is 61.3 Å². The van der Waals surface area contributed by atoms with Crippen molar-refractivity contribution in [3.63, 3.8) is 0 Å². The summed E-state index contributed by atoms with van der Waals surface area (Å²) in [6.07, 6.45) is -12.2. The fourth-order valence-electron chi connectivity index (χ4n) is 14.5. The van der Waals surface area contributed by atoms with Gasteiger partial charge < -0.3 is 89.7 Å². The molecule has 6 fully saturated rings. The predicted octanol–water partition coefficient (Wildman–Crippen LogP) is -0.494. The van der Waals surface area contributed by atoms with Crippen molar-refractivity contribution < 1.29 is 89.7 Å². The molecule has 0 aromatic carbocycles. The van der Waals surface area contributed by atoms with Gasteiger partial charge in [0.2, 0.25) is 0 Å². The highest BCUT2D eigenvalue weighted by Crippen LogP contribution is 2.74. The van der Waals surface area contributed by atoms with Crippen molar-refractivity contribution in [1.29, 1.82) is 0 Å². The van der Waals surface area contributed by atoms with Crippen LogP contribution in [0.4, 0.5) is 0 Å². The number of rotatable bonds is 11. The minimum absolute atomic E-state index is 0.0316. The van der Waals surface area contributed by atoms with E-state index in [2.05, 4.69) is 46.8 Å². The minimum atomic E-state index is -1.80. The summed E-state index contributed by atoms with van der Waals surface area (Å²) < 4.78 is 36.5. The molecule has 3 saturated heterocycles. The van der Waals surface area contributed by atoms with Crippen molar-refractivity contribution in [2.75, 3.05) is 33.0 Å². The van der Waals surface area contributed by atoms with Crippen LogP contribution in [0.15, 0.2) is 23.3 Å². The predicted molar refractivity (Wildman–Crippen MR) is 231 cm³/mol. The van der Waals surface area contributed by atoms with E-state index >= 15 is 0 Å². The molecule has 66 heavy (non-hydrogen) atoms. The molecule has 8 aliphatic rings. The minimum Gasteiger partial charge on any atom is -0.396 e. The van der Waals surface area contributed by atoms with Gasteiger partial charge in [-0.1, -0.05) is 59.3 Å². The normalized spacial score (nSPS) is 53.7. The maximum atomic E-state index is 12.1. The first kappa shape index (κ1) is 51.1. The van der Waals surface area contributed by atoms with Gasteiger partial charge in [-0.15, -0.1) is 0 Å². The lowest BCUT2D eigenvalue weighted by Gasteiger charge is -2.70. The van der Waals surface area contributed by atoms with E-state index in [0.717, 1.165) is 32.1 Å². The van der Waals surface area contributed by atoms with Gasteiger partial charge in [0.15, 0.2) is 18.9 Å². The van der Waals surface area contributed by atoms with E-state index in [-0.39, 0.29) is 54.3 Å². The summed E-state index contributed by atoms with van der Waals surface area (Å²) in [6, 6.07) is 0. The zero-order valence-corrected chi connectivity index (χ0v) is 39.3. The van der Waals surface area contributed by atoms with E-state index in [0.29, 0.717) is 19.3 Å². The van der Waals surface area contributed by atoms with Crippen molar-refractivity contribution in [2.24, 2.45) is 44.3 Å². The van der Waals surface area contributed by atoms with Gasteiger partial charge in [0.25, 0.3) is 0 Å². The van der Waals surface area contributed by atoms with Crippen LogP contribution in [-0.2, 0) is 28.4 Å². The van der Waals surface area contributed by atoms with Gasteiger partial charge in [-0.05, 0) is 85.0 Å². The molecule has 3 heterocycles. The molecule has 0 aromatic heterocycles. The molecule has 0 spiro atoms. The Labute approximate surface area is 387 Å². The molecular formula is C48H78O18. The van der Waals surface area contributed by atoms with Gasteiger partial charge in [-0.3, -0.25) is 0 Å². The van der Waals surface area contributed by atoms with Gasteiger partial charge in [0, 0.05) is 22.7 Å². The standard InChI is InChI=1S/C48H78O18/c1-43(2)13-14-48(22-52)25(16-43)24-7-8-30-44(3)11-10-32(45(4,21-51)29(44)9-12-46(30,5)47(24,6)17-31(48)54)65-42-39(66-41-38(60)36(58)34(56)28(19-50)64-41)26(53)15-23(62-42)20-61-40-37(59)35(57)33(55)27(18-49)63-40/h7-8,23,26-42,49-60H,9-22H2,1-6H3/t23-,26-,27+,28+,29+,30+,31-,32-,33+,34+,35-,36-,37+,38+,39+,40+,41-,42-,44-,45-,46+,47+,48+/m0/s1. The van der Waals surface area contributed by atoms with Crippen molar-refractivity contribution in [1.82, 2.24) is 0 Å². The molecule has 3 saturated carbocycles. The number of hydrogen-bond donors (Lipinski definition) is 12. The number of aliphatic hydroxyl groups is 12. The number of hydrogen-bond acceptors (Lipinski definition) is 18. The highest BCUT2D eigenvalue weighted by atomic mass is 16.8. The Kier molecular flexibility index (Phi) is 14.3. The SMILES string of the molecule is CC1(C)CC[C@@]2(CO)C(=C3C=C[C@@H]4[C@@]5(C)CC[C@H](O[C@@H]6O[C@H](CO[C@@H]7O[C@H](CO)[C@@H](O)[C@H](O)[C@H]7O)C[C@H](O)[C@H]6O[C@@H]6O[C@H](CO)[C@@H](O)[C@H](O)[C@H]6O)[C@@](C)(CO)[C@@H]5CC[C@@]4(C)[C@]3(C)C[C@@H]2O)C1. The van der Waals surface area contributed by atoms with Crippen LogP contribution in [0.5, 0.6) is 0 Å². The third kappa shape index (κ3) is 8.02. The molecule has 0 amide bonds. The third-order valence-corrected chi connectivity index (χ3v) is 18.8. The summed E-state index contributed by atoms with van der Waals surface area (Å²) in [5, 5.41) is 129. The lowest BCUT2D eigenvalue weighted by molar-refractivity contribution is -0.371. The Balaban J connectivity index is 1.07. The molecule has 18 heteroatoms. The van der Waals surface area contributed by atoms with Gasteiger partial charge in [0.05, 0.1) is 57.5 Å². The third-order valence-electron chi connectivity index (χ3n) is 18.8. The molecule has 23 atom stereocenters. The molecular weight excluding hydrogens is 865 g/mol. The molecule has 0 aromatic rings. The van der Waals surface area contributed by atoms with E-state index in [1.54, 1.807) is 0 Å². The zero-order valence-electron chi connectivity index (χ0n) is 39.3. The van der Waals surface area contributed by atoms with Crippen LogP contribution < -0.4 is 0 Å². The maximum absolute atomic E-state index is 12.1. The summed E-state index contributed by atoms with van der Waals surface area (Å²) in [5.74, 6) is -0.0362. The molecule has 3 aliphatic heterocycles. The molecule has 0 unspecified atom stereocenters. The number of aliphatic hydroxyl groups excluding tert-OH is 12. The number of allylic oxidation sites excluding steroid dienone is 3. The van der Waals surface area contributed by atoms with Crippen molar-refractivity contribution >= 4 is 0 Å². The first-order valence-corrected chi connectivity index (χ1v) is 24.2. The molecule has 12 N–H and O–H groups in total. The molecule has 18 nitrogen and oxygen atoms in total. The highest BCUT2D eigenvalue weighted by molar-refractivity contribution is 5.47. The quantitative estimate of drug-likeness (QED) is 0.116. The summed E-state index contributed by atoms with van der Waals surface area (Å²) in [4.78, 5) is 0. The number of ether oxygens (including phenoxy) is 6. The average Bonchev–Trinajstić information content (AvgIpc) is 3.27. The molecule has 8 rings (SSSR count). The van der Waals surface area contributed by atoms with Crippen LogP contribution >= 0.6 is 0 Å². The van der Waals surface area contributed by atoms with E-state index in [1.165, 1.54) is 11.1 Å². The molecule has 5 aliphatic carbocycles. The van der Waals surface area contributed by atoms with E-state index < -0.39 is 128 Å². The summed E-state index contributed by atoms with van der Waals surface area (Å²) in [6.45, 7) is 11.4. The second kappa shape index (κ2) is 18.4. The smallest absolute Gasteiger partial charge is 0.187 e. The van der Waals surface area contributed by atoms with Crippen LogP contribution in [0.3, 0.4) is 0 Å². The Morgan fingerprint density at radius 1 is 0.667 bits per heavy atom. The van der Waals surface area contributed by atoms with Crippen LogP contribution in [0.2, 0.25) is 0 Å². The van der Waals surface area contributed by atoms with Crippen LogP contribution in [0.25, 0.3) is 0 Å². The largest absolute Gasteiger partial charge is 0.396 e. The Morgan fingerprint density at radius 2 is 1.30 bits per heavy atom. The monoisotopic (exact) mass is 943 g/mol. The zero-order chi connectivity index (χ0) is 48.1.